The normalized spacial score (nSPS) is 33.2. The van der Waals surface area contributed by atoms with Gasteiger partial charge in [0, 0.05) is 6.42 Å². The van der Waals surface area contributed by atoms with Gasteiger partial charge in [-0.3, -0.25) is 0 Å². The summed E-state index contributed by atoms with van der Waals surface area (Å²) in [4.78, 5) is 12.0. The predicted molar refractivity (Wildman–Crippen MR) is 63.9 cm³/mol. The minimum absolute atomic E-state index is 0.273. The van der Waals surface area contributed by atoms with Crippen LogP contribution in [0.25, 0.3) is 0 Å². The molecule has 0 unspecified atom stereocenters. The van der Waals surface area contributed by atoms with E-state index in [0.29, 0.717) is 6.42 Å². The van der Waals surface area contributed by atoms with Crippen LogP contribution in [0.3, 0.4) is 0 Å². The summed E-state index contributed by atoms with van der Waals surface area (Å²) in [6, 6.07) is 9.80. The standard InChI is InChI=1S/C14H16O4/c1-13(2)17-11-9-16-12(15)14(11,18-13)8-10-6-4-3-5-7-10/h3-7,11H,8-9H2,1-2H3/t11-,14-/m1/s1. The van der Waals surface area contributed by atoms with Gasteiger partial charge in [-0.15, -0.1) is 0 Å². The molecule has 1 aromatic rings. The van der Waals surface area contributed by atoms with E-state index < -0.39 is 11.4 Å². The second-order valence-electron chi connectivity index (χ2n) is 5.26. The number of ether oxygens (including phenoxy) is 3. The summed E-state index contributed by atoms with van der Waals surface area (Å²) in [6.07, 6.45) is 0.168. The first-order chi connectivity index (χ1) is 8.52. The lowest BCUT2D eigenvalue weighted by molar-refractivity contribution is -0.193. The maximum absolute atomic E-state index is 12.0. The van der Waals surface area contributed by atoms with Crippen LogP contribution in [0.15, 0.2) is 30.3 Å². The van der Waals surface area contributed by atoms with Crippen LogP contribution < -0.4 is 0 Å². The molecule has 0 saturated carbocycles. The van der Waals surface area contributed by atoms with Crippen LogP contribution in [0.4, 0.5) is 0 Å². The summed E-state index contributed by atoms with van der Waals surface area (Å²) in [7, 11) is 0. The number of hydrogen-bond acceptors (Lipinski definition) is 4. The maximum Gasteiger partial charge on any atom is 0.341 e. The van der Waals surface area contributed by atoms with Gasteiger partial charge in [0.15, 0.2) is 5.79 Å². The zero-order valence-corrected chi connectivity index (χ0v) is 10.5. The van der Waals surface area contributed by atoms with Crippen LogP contribution in [0.2, 0.25) is 0 Å². The summed E-state index contributed by atoms with van der Waals surface area (Å²) in [5.41, 5.74) is 0.0628. The molecule has 0 bridgehead atoms. The Balaban J connectivity index is 1.93. The maximum atomic E-state index is 12.0. The molecule has 2 fully saturated rings. The summed E-state index contributed by atoms with van der Waals surface area (Å²) >= 11 is 0. The van der Waals surface area contributed by atoms with E-state index in [2.05, 4.69) is 0 Å². The van der Waals surface area contributed by atoms with E-state index in [9.17, 15) is 4.79 Å². The monoisotopic (exact) mass is 248 g/mol. The summed E-state index contributed by atoms with van der Waals surface area (Å²) in [5.74, 6) is -1.05. The van der Waals surface area contributed by atoms with Gasteiger partial charge in [0.2, 0.25) is 5.60 Å². The van der Waals surface area contributed by atoms with Crippen LogP contribution in [-0.2, 0) is 25.4 Å². The van der Waals surface area contributed by atoms with E-state index in [-0.39, 0.29) is 18.7 Å². The van der Waals surface area contributed by atoms with Gasteiger partial charge < -0.3 is 14.2 Å². The molecule has 2 saturated heterocycles. The minimum atomic E-state index is -0.981. The third kappa shape index (κ3) is 1.72. The molecule has 0 aliphatic carbocycles. The van der Waals surface area contributed by atoms with Crippen molar-refractivity contribution in [3.05, 3.63) is 35.9 Å². The van der Waals surface area contributed by atoms with E-state index in [1.807, 2.05) is 44.2 Å². The van der Waals surface area contributed by atoms with Crippen molar-refractivity contribution in [2.24, 2.45) is 0 Å². The molecule has 18 heavy (non-hydrogen) atoms. The molecule has 4 nitrogen and oxygen atoms in total. The number of benzene rings is 1. The molecular formula is C14H16O4. The number of esters is 1. The molecule has 0 N–H and O–H groups in total. The lowest BCUT2D eigenvalue weighted by Crippen LogP contribution is -2.45. The van der Waals surface area contributed by atoms with Crippen LogP contribution in [0.5, 0.6) is 0 Å². The van der Waals surface area contributed by atoms with Crippen molar-refractivity contribution in [3.8, 4) is 0 Å². The number of fused-ring (bicyclic) bond motifs is 1. The van der Waals surface area contributed by atoms with Crippen molar-refractivity contribution in [2.75, 3.05) is 6.61 Å². The van der Waals surface area contributed by atoms with Crippen molar-refractivity contribution in [1.29, 1.82) is 0 Å². The zero-order chi connectivity index (χ0) is 12.8. The molecule has 0 spiro atoms. The molecule has 2 atom stereocenters. The molecule has 2 heterocycles. The smallest absolute Gasteiger partial charge is 0.341 e. The van der Waals surface area contributed by atoms with Crippen LogP contribution in [0, 0.1) is 0 Å². The number of hydrogen-bond donors (Lipinski definition) is 0. The van der Waals surface area contributed by atoms with Crippen LogP contribution >= 0.6 is 0 Å². The third-order valence-electron chi connectivity index (χ3n) is 3.39. The van der Waals surface area contributed by atoms with Crippen molar-refractivity contribution >= 4 is 5.97 Å². The van der Waals surface area contributed by atoms with Gasteiger partial charge in [-0.25, -0.2) is 4.79 Å². The Bertz CT molecular complexity index is 468. The van der Waals surface area contributed by atoms with E-state index in [0.717, 1.165) is 5.56 Å². The summed E-state index contributed by atoms with van der Waals surface area (Å²) < 4.78 is 16.7. The quantitative estimate of drug-likeness (QED) is 0.747. The van der Waals surface area contributed by atoms with E-state index in [1.54, 1.807) is 0 Å². The molecule has 2 aliphatic heterocycles. The lowest BCUT2D eigenvalue weighted by Gasteiger charge is -2.24. The van der Waals surface area contributed by atoms with Crippen molar-refractivity contribution in [1.82, 2.24) is 0 Å². The lowest BCUT2D eigenvalue weighted by atomic mass is 9.91. The highest BCUT2D eigenvalue weighted by Gasteiger charge is 2.63. The Hall–Kier alpha value is -1.39. The van der Waals surface area contributed by atoms with E-state index >= 15 is 0 Å². The number of cyclic esters (lactones) is 1. The molecule has 96 valence electrons. The van der Waals surface area contributed by atoms with Crippen molar-refractivity contribution < 1.29 is 19.0 Å². The fourth-order valence-corrected chi connectivity index (χ4v) is 2.70. The third-order valence-corrected chi connectivity index (χ3v) is 3.39. The number of rotatable bonds is 2. The van der Waals surface area contributed by atoms with Gasteiger partial charge >= 0.3 is 5.97 Å². The topological polar surface area (TPSA) is 44.8 Å². The Morgan fingerprint density at radius 2 is 2.00 bits per heavy atom. The van der Waals surface area contributed by atoms with Gasteiger partial charge in [-0.2, -0.15) is 0 Å². The predicted octanol–water partition coefficient (Wildman–Crippen LogP) is 1.68. The first-order valence-corrected chi connectivity index (χ1v) is 6.11. The average molecular weight is 248 g/mol. The molecule has 0 amide bonds. The molecule has 0 radical (unpaired) electrons. The molecule has 0 aromatic heterocycles. The number of carbonyl (C=O) groups is 1. The highest BCUT2D eigenvalue weighted by atomic mass is 16.8. The first kappa shape index (κ1) is 11.7. The first-order valence-electron chi connectivity index (χ1n) is 6.11. The Labute approximate surface area is 106 Å². The average Bonchev–Trinajstić information content (AvgIpc) is 2.73. The van der Waals surface area contributed by atoms with E-state index in [4.69, 9.17) is 14.2 Å². The summed E-state index contributed by atoms with van der Waals surface area (Å²) in [5, 5.41) is 0. The molecule has 3 rings (SSSR count). The Kier molecular flexibility index (Phi) is 2.47. The molecule has 2 aliphatic rings. The van der Waals surface area contributed by atoms with E-state index in [1.165, 1.54) is 0 Å². The highest BCUT2D eigenvalue weighted by molar-refractivity contribution is 5.83. The van der Waals surface area contributed by atoms with Gasteiger partial charge in [0.1, 0.15) is 12.7 Å². The van der Waals surface area contributed by atoms with Gasteiger partial charge in [0.25, 0.3) is 0 Å². The SMILES string of the molecule is CC1(C)O[C@@H]2COC(=O)[C@]2(Cc2ccccc2)O1. The summed E-state index contributed by atoms with van der Waals surface area (Å²) in [6.45, 7) is 3.92. The van der Waals surface area contributed by atoms with Gasteiger partial charge in [-0.05, 0) is 19.4 Å². The van der Waals surface area contributed by atoms with Crippen molar-refractivity contribution in [3.63, 3.8) is 0 Å². The van der Waals surface area contributed by atoms with Crippen LogP contribution in [-0.4, -0.2) is 30.1 Å². The molecular weight excluding hydrogens is 232 g/mol. The second-order valence-corrected chi connectivity index (χ2v) is 5.26. The second kappa shape index (κ2) is 3.80. The number of carbonyl (C=O) groups excluding carboxylic acids is 1. The largest absolute Gasteiger partial charge is 0.461 e. The minimum Gasteiger partial charge on any atom is -0.461 e. The Morgan fingerprint density at radius 1 is 1.28 bits per heavy atom. The van der Waals surface area contributed by atoms with Crippen LogP contribution in [0.1, 0.15) is 19.4 Å². The van der Waals surface area contributed by atoms with Gasteiger partial charge in [0.05, 0.1) is 0 Å². The van der Waals surface area contributed by atoms with Gasteiger partial charge in [-0.1, -0.05) is 30.3 Å². The fourth-order valence-electron chi connectivity index (χ4n) is 2.70. The molecule has 4 heteroatoms. The van der Waals surface area contributed by atoms with Crippen molar-refractivity contribution in [2.45, 2.75) is 37.8 Å². The zero-order valence-electron chi connectivity index (χ0n) is 10.5. The molecule has 1 aromatic carbocycles. The fraction of sp³-hybridized carbons (Fsp3) is 0.500. The highest BCUT2D eigenvalue weighted by Crippen LogP contribution is 2.43. The Morgan fingerprint density at radius 3 is 2.72 bits per heavy atom.